The van der Waals surface area contributed by atoms with Gasteiger partial charge in [0.1, 0.15) is 5.75 Å². The molecule has 29 heavy (non-hydrogen) atoms. The number of phenols is 1. The van der Waals surface area contributed by atoms with Gasteiger partial charge < -0.3 is 15.2 Å². The Bertz CT molecular complexity index is 1050. The lowest BCUT2D eigenvalue weighted by atomic mass is 10.0. The number of anilines is 1. The van der Waals surface area contributed by atoms with Gasteiger partial charge in [0.15, 0.2) is 0 Å². The van der Waals surface area contributed by atoms with Gasteiger partial charge in [-0.15, -0.1) is 0 Å². The van der Waals surface area contributed by atoms with E-state index in [0.29, 0.717) is 29.4 Å². The van der Waals surface area contributed by atoms with Crippen molar-refractivity contribution in [3.63, 3.8) is 0 Å². The first-order valence-electron chi connectivity index (χ1n) is 9.24. The third-order valence-electron chi connectivity index (χ3n) is 4.62. The third-order valence-corrected chi connectivity index (χ3v) is 4.85. The molecule has 0 bridgehead atoms. The van der Waals surface area contributed by atoms with Gasteiger partial charge in [-0.05, 0) is 42.3 Å². The summed E-state index contributed by atoms with van der Waals surface area (Å²) in [4.78, 5) is 17.4. The first kappa shape index (κ1) is 19.2. The number of benzodiazepines with no additional fused rings is 1. The van der Waals surface area contributed by atoms with Crippen LogP contribution in [0.1, 0.15) is 16.7 Å². The number of phenolic OH excluding ortho intramolecular Hbond substituents is 1. The van der Waals surface area contributed by atoms with Crippen LogP contribution in [0.15, 0.2) is 77.8 Å². The molecule has 2 N–H and O–H groups in total. The van der Waals surface area contributed by atoms with Crippen molar-refractivity contribution in [2.24, 2.45) is 4.99 Å². The van der Waals surface area contributed by atoms with Crippen molar-refractivity contribution < 1.29 is 14.6 Å². The summed E-state index contributed by atoms with van der Waals surface area (Å²) in [5.74, 6) is -0.114. The van der Waals surface area contributed by atoms with Gasteiger partial charge >= 0.3 is 0 Å². The second-order valence-corrected chi connectivity index (χ2v) is 7.10. The summed E-state index contributed by atoms with van der Waals surface area (Å²) in [6, 6.07) is 21.8. The monoisotopic (exact) mass is 406 g/mol. The fourth-order valence-corrected chi connectivity index (χ4v) is 3.32. The summed E-state index contributed by atoms with van der Waals surface area (Å²) in [7, 11) is 0. The Morgan fingerprint density at radius 3 is 2.55 bits per heavy atom. The lowest BCUT2D eigenvalue weighted by Crippen LogP contribution is -2.29. The molecule has 5 nitrogen and oxygen atoms in total. The van der Waals surface area contributed by atoms with E-state index >= 15 is 0 Å². The van der Waals surface area contributed by atoms with Crippen molar-refractivity contribution in [1.82, 2.24) is 0 Å². The maximum Gasteiger partial charge on any atom is 0.276 e. The minimum Gasteiger partial charge on any atom is -0.508 e. The zero-order valence-electron chi connectivity index (χ0n) is 15.5. The molecule has 146 valence electrons. The molecule has 0 spiro atoms. The van der Waals surface area contributed by atoms with Crippen LogP contribution in [-0.4, -0.2) is 29.6 Å². The Labute approximate surface area is 173 Å². The molecular weight excluding hydrogens is 388 g/mol. The first-order chi connectivity index (χ1) is 14.1. The van der Waals surface area contributed by atoms with E-state index in [-0.39, 0.29) is 11.7 Å². The summed E-state index contributed by atoms with van der Waals surface area (Å²) in [5.41, 5.74) is 3.92. The van der Waals surface area contributed by atoms with Crippen LogP contribution in [0, 0.1) is 0 Å². The van der Waals surface area contributed by atoms with Gasteiger partial charge in [-0.3, -0.25) is 4.79 Å². The zero-order valence-corrected chi connectivity index (χ0v) is 16.3. The number of amides is 1. The Kier molecular flexibility index (Phi) is 5.60. The fraction of sp³-hybridized carbons (Fsp3) is 0.130. The molecule has 0 fully saturated rings. The standard InChI is InChI=1S/C23H19ClN2O3/c24-17-8-11-20-19(14-17)21(16-4-2-1-3-5-16)26-23(22(28)25-20)29-13-12-15-6-9-18(27)10-7-15/h1-11,14,23,27H,12-13H2,(H,25,28). The topological polar surface area (TPSA) is 70.9 Å². The first-order valence-corrected chi connectivity index (χ1v) is 9.61. The molecule has 0 aliphatic carbocycles. The van der Waals surface area contributed by atoms with E-state index in [1.54, 1.807) is 30.3 Å². The van der Waals surface area contributed by atoms with Crippen LogP contribution in [0.25, 0.3) is 0 Å². The van der Waals surface area contributed by atoms with Crippen molar-refractivity contribution in [2.45, 2.75) is 12.6 Å². The van der Waals surface area contributed by atoms with Gasteiger partial charge in [0.2, 0.25) is 6.23 Å². The van der Waals surface area contributed by atoms with E-state index < -0.39 is 6.23 Å². The van der Waals surface area contributed by atoms with E-state index in [0.717, 1.165) is 16.7 Å². The van der Waals surface area contributed by atoms with Crippen LogP contribution in [0.4, 0.5) is 5.69 Å². The highest BCUT2D eigenvalue weighted by atomic mass is 35.5. The highest BCUT2D eigenvalue weighted by molar-refractivity contribution is 6.32. The predicted octanol–water partition coefficient (Wildman–Crippen LogP) is 4.42. The van der Waals surface area contributed by atoms with Crippen molar-refractivity contribution in [2.75, 3.05) is 11.9 Å². The van der Waals surface area contributed by atoms with Crippen molar-refractivity contribution >= 4 is 28.9 Å². The molecule has 0 radical (unpaired) electrons. The molecule has 1 unspecified atom stereocenters. The van der Waals surface area contributed by atoms with Crippen LogP contribution >= 0.6 is 11.6 Å². The molecule has 1 amide bonds. The quantitative estimate of drug-likeness (QED) is 0.658. The zero-order chi connectivity index (χ0) is 20.2. The number of aromatic hydroxyl groups is 1. The predicted molar refractivity (Wildman–Crippen MR) is 114 cm³/mol. The fourth-order valence-electron chi connectivity index (χ4n) is 3.15. The van der Waals surface area contributed by atoms with Crippen molar-refractivity contribution in [3.8, 4) is 5.75 Å². The second-order valence-electron chi connectivity index (χ2n) is 6.66. The number of carbonyl (C=O) groups is 1. The summed E-state index contributed by atoms with van der Waals surface area (Å²) < 4.78 is 5.83. The largest absolute Gasteiger partial charge is 0.508 e. The Morgan fingerprint density at radius 2 is 1.79 bits per heavy atom. The summed E-state index contributed by atoms with van der Waals surface area (Å²) in [5, 5.41) is 12.8. The van der Waals surface area contributed by atoms with Crippen molar-refractivity contribution in [3.05, 3.63) is 94.5 Å². The average Bonchev–Trinajstić information content (AvgIpc) is 2.86. The molecule has 3 aromatic carbocycles. The van der Waals surface area contributed by atoms with Crippen LogP contribution < -0.4 is 5.32 Å². The summed E-state index contributed by atoms with van der Waals surface area (Å²) >= 11 is 6.20. The van der Waals surface area contributed by atoms with Crippen LogP contribution in [0.2, 0.25) is 5.02 Å². The summed E-state index contributed by atoms with van der Waals surface area (Å²) in [6.07, 6.45) is -0.382. The molecule has 0 saturated heterocycles. The number of benzene rings is 3. The molecule has 3 aromatic rings. The Balaban J connectivity index is 1.61. The number of ether oxygens (including phenoxy) is 1. The molecule has 1 atom stereocenters. The van der Waals surface area contributed by atoms with Gasteiger partial charge in [-0.25, -0.2) is 4.99 Å². The van der Waals surface area contributed by atoms with E-state index in [9.17, 15) is 9.90 Å². The molecule has 4 rings (SSSR count). The van der Waals surface area contributed by atoms with Gasteiger partial charge in [0.05, 0.1) is 18.0 Å². The number of hydrogen-bond donors (Lipinski definition) is 2. The number of aliphatic imine (C=N–C) groups is 1. The Hall–Kier alpha value is -3.15. The number of nitrogens with one attached hydrogen (secondary N) is 1. The molecule has 6 heteroatoms. The van der Waals surface area contributed by atoms with E-state index in [4.69, 9.17) is 16.3 Å². The third kappa shape index (κ3) is 4.47. The number of halogens is 1. The lowest BCUT2D eigenvalue weighted by molar-refractivity contribution is -0.126. The SMILES string of the molecule is O=C1Nc2ccc(Cl)cc2C(c2ccccc2)=NC1OCCc1ccc(O)cc1. The number of carbonyl (C=O) groups excluding carboxylic acids is 1. The van der Waals surface area contributed by atoms with Crippen LogP contribution in [0.3, 0.4) is 0 Å². The van der Waals surface area contributed by atoms with Crippen LogP contribution in [-0.2, 0) is 16.0 Å². The van der Waals surface area contributed by atoms with Gasteiger partial charge in [0, 0.05) is 16.1 Å². The number of fused-ring (bicyclic) bond motifs is 1. The number of nitrogens with zero attached hydrogens (tertiary/aromatic N) is 1. The molecule has 0 saturated carbocycles. The van der Waals surface area contributed by atoms with Gasteiger partial charge in [0.25, 0.3) is 5.91 Å². The van der Waals surface area contributed by atoms with Gasteiger partial charge in [-0.1, -0.05) is 54.1 Å². The smallest absolute Gasteiger partial charge is 0.276 e. The minimum atomic E-state index is -0.978. The molecule has 0 aromatic heterocycles. The highest BCUT2D eigenvalue weighted by Gasteiger charge is 2.26. The highest BCUT2D eigenvalue weighted by Crippen LogP contribution is 2.27. The summed E-state index contributed by atoms with van der Waals surface area (Å²) in [6.45, 7) is 0.311. The second kappa shape index (κ2) is 8.47. The van der Waals surface area contributed by atoms with Gasteiger partial charge in [-0.2, -0.15) is 0 Å². The average molecular weight is 407 g/mol. The molecular formula is C23H19ClN2O3. The molecule has 1 aliphatic heterocycles. The molecule has 1 heterocycles. The number of rotatable bonds is 5. The van der Waals surface area contributed by atoms with E-state index in [2.05, 4.69) is 10.3 Å². The minimum absolute atomic E-state index is 0.214. The van der Waals surface area contributed by atoms with Crippen LogP contribution in [0.5, 0.6) is 5.75 Å². The maximum absolute atomic E-state index is 12.7. The maximum atomic E-state index is 12.7. The van der Waals surface area contributed by atoms with E-state index in [1.807, 2.05) is 42.5 Å². The Morgan fingerprint density at radius 1 is 1.03 bits per heavy atom. The number of hydrogen-bond acceptors (Lipinski definition) is 4. The molecule has 1 aliphatic rings. The van der Waals surface area contributed by atoms with E-state index in [1.165, 1.54) is 0 Å². The van der Waals surface area contributed by atoms with Crippen molar-refractivity contribution in [1.29, 1.82) is 0 Å². The normalized spacial score (nSPS) is 15.8. The lowest BCUT2D eigenvalue weighted by Gasteiger charge is -2.12.